The minimum Gasteiger partial charge on any atom is -0.493 e. The molecule has 0 atom stereocenters. The number of aromatic nitrogens is 2. The van der Waals surface area contributed by atoms with E-state index in [-0.39, 0.29) is 5.88 Å². The summed E-state index contributed by atoms with van der Waals surface area (Å²) in [6, 6.07) is 18.1. The van der Waals surface area contributed by atoms with Gasteiger partial charge in [-0.15, -0.1) is 0 Å². The highest BCUT2D eigenvalue weighted by Crippen LogP contribution is 2.33. The second-order valence-corrected chi connectivity index (χ2v) is 5.87. The van der Waals surface area contributed by atoms with Crippen molar-refractivity contribution < 1.29 is 5.11 Å². The molecule has 118 valence electrons. The molecular weight excluding hydrogens is 284 g/mol. The van der Waals surface area contributed by atoms with Crippen LogP contribution in [0.1, 0.15) is 30.9 Å². The molecule has 0 saturated heterocycles. The lowest BCUT2D eigenvalue weighted by molar-refractivity contribution is 0.427. The highest BCUT2D eigenvalue weighted by atomic mass is 16.3. The van der Waals surface area contributed by atoms with Crippen molar-refractivity contribution in [3.05, 3.63) is 65.7 Å². The summed E-state index contributed by atoms with van der Waals surface area (Å²) in [5.41, 5.74) is 4.94. The van der Waals surface area contributed by atoms with E-state index in [4.69, 9.17) is 5.10 Å². The van der Waals surface area contributed by atoms with Gasteiger partial charge in [-0.1, -0.05) is 55.3 Å². The number of nitrogens with zero attached hydrogens (tertiary/aromatic N) is 2. The molecule has 3 heteroatoms. The normalized spacial score (nSPS) is 10.9. The van der Waals surface area contributed by atoms with E-state index < -0.39 is 0 Å². The standard InChI is InChI=1S/C20H22N2O/c1-3-4-13-18-19(16-10-8-9-15(2)14-16)21-22(20(18)23)17-11-6-5-7-12-17/h5-12,14,23H,3-4,13H2,1-2H3. The number of hydrogen-bond acceptors (Lipinski definition) is 2. The summed E-state index contributed by atoms with van der Waals surface area (Å²) >= 11 is 0. The van der Waals surface area contributed by atoms with Crippen molar-refractivity contribution in [2.45, 2.75) is 33.1 Å². The molecule has 3 nitrogen and oxygen atoms in total. The third kappa shape index (κ3) is 3.14. The van der Waals surface area contributed by atoms with Crippen LogP contribution in [0.2, 0.25) is 0 Å². The Morgan fingerprint density at radius 2 is 1.83 bits per heavy atom. The first kappa shape index (κ1) is 15.3. The summed E-state index contributed by atoms with van der Waals surface area (Å²) in [6.07, 6.45) is 2.95. The molecule has 1 N–H and O–H groups in total. The Balaban J connectivity index is 2.14. The van der Waals surface area contributed by atoms with Crippen LogP contribution in [0, 0.1) is 6.92 Å². The summed E-state index contributed by atoms with van der Waals surface area (Å²) < 4.78 is 1.64. The van der Waals surface area contributed by atoms with Crippen molar-refractivity contribution in [3.63, 3.8) is 0 Å². The average Bonchev–Trinajstić information content (AvgIpc) is 2.90. The molecule has 0 unspecified atom stereocenters. The van der Waals surface area contributed by atoms with Crippen LogP contribution in [-0.2, 0) is 6.42 Å². The summed E-state index contributed by atoms with van der Waals surface area (Å²) in [7, 11) is 0. The lowest BCUT2D eigenvalue weighted by atomic mass is 10.0. The van der Waals surface area contributed by atoms with Gasteiger partial charge in [0.1, 0.15) is 0 Å². The predicted molar refractivity (Wildman–Crippen MR) is 94.0 cm³/mol. The summed E-state index contributed by atoms with van der Waals surface area (Å²) in [4.78, 5) is 0. The Bertz CT molecular complexity index is 791. The molecule has 0 bridgehead atoms. The van der Waals surface area contributed by atoms with Crippen LogP contribution in [0.15, 0.2) is 54.6 Å². The van der Waals surface area contributed by atoms with Gasteiger partial charge in [0.25, 0.3) is 0 Å². The topological polar surface area (TPSA) is 38.0 Å². The molecule has 0 amide bonds. The molecule has 3 aromatic rings. The molecule has 0 saturated carbocycles. The van der Waals surface area contributed by atoms with Crippen molar-refractivity contribution in [1.29, 1.82) is 0 Å². The second kappa shape index (κ2) is 6.69. The zero-order valence-electron chi connectivity index (χ0n) is 13.7. The predicted octanol–water partition coefficient (Wildman–Crippen LogP) is 4.90. The summed E-state index contributed by atoms with van der Waals surface area (Å²) in [5.74, 6) is 0.251. The van der Waals surface area contributed by atoms with Crippen molar-refractivity contribution >= 4 is 0 Å². The highest BCUT2D eigenvalue weighted by Gasteiger charge is 2.19. The fourth-order valence-electron chi connectivity index (χ4n) is 2.80. The Kier molecular flexibility index (Phi) is 4.47. The molecule has 1 aromatic heterocycles. The van der Waals surface area contributed by atoms with Crippen molar-refractivity contribution in [1.82, 2.24) is 9.78 Å². The molecule has 2 aromatic carbocycles. The monoisotopic (exact) mass is 306 g/mol. The van der Waals surface area contributed by atoms with Gasteiger partial charge in [-0.2, -0.15) is 5.10 Å². The zero-order valence-corrected chi connectivity index (χ0v) is 13.7. The van der Waals surface area contributed by atoms with Crippen LogP contribution in [0.3, 0.4) is 0 Å². The van der Waals surface area contributed by atoms with Crippen LogP contribution >= 0.6 is 0 Å². The Morgan fingerprint density at radius 1 is 1.04 bits per heavy atom. The first-order chi connectivity index (χ1) is 11.2. The zero-order chi connectivity index (χ0) is 16.2. The van der Waals surface area contributed by atoms with Gasteiger partial charge in [0.2, 0.25) is 5.88 Å². The van der Waals surface area contributed by atoms with Gasteiger partial charge < -0.3 is 5.11 Å². The van der Waals surface area contributed by atoms with Gasteiger partial charge in [-0.25, -0.2) is 4.68 Å². The van der Waals surface area contributed by atoms with Crippen molar-refractivity contribution in [2.24, 2.45) is 0 Å². The number of para-hydroxylation sites is 1. The number of benzene rings is 2. The first-order valence-electron chi connectivity index (χ1n) is 8.14. The third-order valence-electron chi connectivity index (χ3n) is 4.03. The van der Waals surface area contributed by atoms with E-state index in [0.29, 0.717) is 0 Å². The Hall–Kier alpha value is -2.55. The fourth-order valence-corrected chi connectivity index (χ4v) is 2.80. The first-order valence-corrected chi connectivity index (χ1v) is 8.14. The minimum atomic E-state index is 0.251. The van der Waals surface area contributed by atoms with E-state index in [2.05, 4.69) is 32.0 Å². The average molecular weight is 306 g/mol. The molecular formula is C20H22N2O. The Morgan fingerprint density at radius 3 is 2.52 bits per heavy atom. The molecule has 0 aliphatic heterocycles. The van der Waals surface area contributed by atoms with Crippen LogP contribution in [0.5, 0.6) is 5.88 Å². The largest absolute Gasteiger partial charge is 0.493 e. The van der Waals surface area contributed by atoms with Crippen molar-refractivity contribution in [3.8, 4) is 22.8 Å². The van der Waals surface area contributed by atoms with Crippen LogP contribution in [0.4, 0.5) is 0 Å². The molecule has 0 aliphatic rings. The number of aromatic hydroxyl groups is 1. The fraction of sp³-hybridized carbons (Fsp3) is 0.250. The van der Waals surface area contributed by atoms with E-state index in [1.54, 1.807) is 4.68 Å². The molecule has 3 rings (SSSR count). The molecule has 0 fully saturated rings. The molecule has 0 radical (unpaired) electrons. The number of hydrogen-bond donors (Lipinski definition) is 1. The summed E-state index contributed by atoms with van der Waals surface area (Å²) in [5, 5.41) is 15.4. The quantitative estimate of drug-likeness (QED) is 0.728. The minimum absolute atomic E-state index is 0.251. The highest BCUT2D eigenvalue weighted by molar-refractivity contribution is 5.67. The maximum atomic E-state index is 10.7. The second-order valence-electron chi connectivity index (χ2n) is 5.87. The van der Waals surface area contributed by atoms with Gasteiger partial charge in [-0.05, 0) is 38.0 Å². The third-order valence-corrected chi connectivity index (χ3v) is 4.03. The van der Waals surface area contributed by atoms with Crippen LogP contribution in [0.25, 0.3) is 16.9 Å². The smallest absolute Gasteiger partial charge is 0.218 e. The van der Waals surface area contributed by atoms with Gasteiger partial charge in [0.05, 0.1) is 11.4 Å². The molecule has 23 heavy (non-hydrogen) atoms. The molecule has 0 spiro atoms. The van der Waals surface area contributed by atoms with Gasteiger partial charge in [-0.3, -0.25) is 0 Å². The number of rotatable bonds is 5. The maximum absolute atomic E-state index is 10.7. The van der Waals surface area contributed by atoms with E-state index in [1.165, 1.54) is 5.56 Å². The van der Waals surface area contributed by atoms with Gasteiger partial charge in [0.15, 0.2) is 0 Å². The lowest BCUT2D eigenvalue weighted by Gasteiger charge is -2.03. The van der Waals surface area contributed by atoms with Gasteiger partial charge >= 0.3 is 0 Å². The summed E-state index contributed by atoms with van der Waals surface area (Å²) in [6.45, 7) is 4.23. The molecule has 1 heterocycles. The van der Waals surface area contributed by atoms with Crippen LogP contribution < -0.4 is 0 Å². The number of unbranched alkanes of at least 4 members (excludes halogenated alkanes) is 1. The number of aryl methyl sites for hydroxylation is 1. The van der Waals surface area contributed by atoms with E-state index >= 15 is 0 Å². The van der Waals surface area contributed by atoms with E-state index in [1.807, 2.05) is 36.4 Å². The van der Waals surface area contributed by atoms with Gasteiger partial charge in [0, 0.05) is 11.1 Å². The Labute approximate surface area is 137 Å². The molecule has 0 aliphatic carbocycles. The maximum Gasteiger partial charge on any atom is 0.218 e. The van der Waals surface area contributed by atoms with E-state index in [0.717, 1.165) is 41.8 Å². The lowest BCUT2D eigenvalue weighted by Crippen LogP contribution is -1.95. The van der Waals surface area contributed by atoms with Crippen molar-refractivity contribution in [2.75, 3.05) is 0 Å². The SMILES string of the molecule is CCCCc1c(-c2cccc(C)c2)nn(-c2ccccc2)c1O. The van der Waals surface area contributed by atoms with E-state index in [9.17, 15) is 5.11 Å². The van der Waals surface area contributed by atoms with Crippen LogP contribution in [-0.4, -0.2) is 14.9 Å².